The van der Waals surface area contributed by atoms with Gasteiger partial charge >= 0.3 is 0 Å². The zero-order valence-corrected chi connectivity index (χ0v) is 19.2. The number of rotatable bonds is 3. The molecular formula is C22H34ClN3O3. The Kier molecular flexibility index (Phi) is 7.71. The largest absolute Gasteiger partial charge is 0.462 e. The molecule has 6 nitrogen and oxygen atoms in total. The van der Waals surface area contributed by atoms with Gasteiger partial charge in [0.15, 0.2) is 0 Å². The summed E-state index contributed by atoms with van der Waals surface area (Å²) in [6.45, 7) is 16.4. The molecule has 1 fully saturated rings. The van der Waals surface area contributed by atoms with Crippen molar-refractivity contribution in [3.05, 3.63) is 28.8 Å². The Balaban J connectivity index is 0.000000370. The molecule has 1 amide bonds. The van der Waals surface area contributed by atoms with Crippen LogP contribution in [0.4, 0.5) is 5.69 Å². The number of fused-ring (bicyclic) bond motifs is 1. The summed E-state index contributed by atoms with van der Waals surface area (Å²) in [5.74, 6) is 0.170. The van der Waals surface area contributed by atoms with E-state index in [-0.39, 0.29) is 16.9 Å². The molecule has 1 atom stereocenters. The minimum absolute atomic E-state index is 0.0971. The predicted octanol–water partition coefficient (Wildman–Crippen LogP) is 3.22. The molecule has 0 radical (unpaired) electrons. The van der Waals surface area contributed by atoms with Crippen LogP contribution in [0.5, 0.6) is 0 Å². The lowest BCUT2D eigenvalue weighted by Gasteiger charge is -2.32. The second kappa shape index (κ2) is 9.45. The summed E-state index contributed by atoms with van der Waals surface area (Å²) in [6, 6.07) is 6.29. The number of nitrogens with zero attached hydrogens (tertiary/aromatic N) is 2. The van der Waals surface area contributed by atoms with Crippen molar-refractivity contribution in [2.45, 2.75) is 58.6 Å². The molecule has 1 aromatic carbocycles. The quantitative estimate of drug-likeness (QED) is 0.756. The maximum atomic E-state index is 12.8. The van der Waals surface area contributed by atoms with Gasteiger partial charge in [0, 0.05) is 53.9 Å². The smallest absolute Gasteiger partial charge is 0.293 e. The first-order chi connectivity index (χ1) is 13.4. The molecule has 2 aliphatic rings. The van der Waals surface area contributed by atoms with Crippen LogP contribution in [0.1, 0.15) is 47.1 Å². The third kappa shape index (κ3) is 6.43. The van der Waals surface area contributed by atoms with Crippen molar-refractivity contribution in [3.63, 3.8) is 0 Å². The molecule has 29 heavy (non-hydrogen) atoms. The molecule has 3 rings (SSSR count). The van der Waals surface area contributed by atoms with E-state index in [1.165, 1.54) is 0 Å². The number of anilines is 1. The van der Waals surface area contributed by atoms with Crippen molar-refractivity contribution in [2.75, 3.05) is 37.6 Å². The van der Waals surface area contributed by atoms with Crippen molar-refractivity contribution >= 4 is 29.7 Å². The first kappa shape index (κ1) is 23.6. The highest BCUT2D eigenvalue weighted by atomic mass is 35.5. The molecule has 2 heterocycles. The SMILES string of the molecule is CC(C)(C)OC=O.C[C@@H]1CN(CC(=O)N2CC(C)(C)c3c(Cl)cccc32)CCN1. The van der Waals surface area contributed by atoms with Gasteiger partial charge in [-0.15, -0.1) is 0 Å². The van der Waals surface area contributed by atoms with Crippen LogP contribution >= 0.6 is 11.6 Å². The van der Waals surface area contributed by atoms with Gasteiger partial charge in [0.05, 0.1) is 6.54 Å². The molecule has 0 aromatic heterocycles. The summed E-state index contributed by atoms with van der Waals surface area (Å²) >= 11 is 6.38. The van der Waals surface area contributed by atoms with Gasteiger partial charge in [-0.3, -0.25) is 14.5 Å². The van der Waals surface area contributed by atoms with E-state index in [2.05, 4.69) is 35.7 Å². The Labute approximate surface area is 179 Å². The van der Waals surface area contributed by atoms with E-state index in [0.717, 1.165) is 35.9 Å². The zero-order valence-electron chi connectivity index (χ0n) is 18.4. The number of amides is 1. The molecule has 0 spiro atoms. The van der Waals surface area contributed by atoms with Crippen molar-refractivity contribution in [1.29, 1.82) is 0 Å². The highest BCUT2D eigenvalue weighted by Crippen LogP contribution is 2.44. The second-order valence-electron chi connectivity index (χ2n) is 9.41. The number of benzene rings is 1. The molecule has 7 heteroatoms. The predicted molar refractivity (Wildman–Crippen MR) is 118 cm³/mol. The minimum Gasteiger partial charge on any atom is -0.462 e. The normalized spacial score (nSPS) is 21.1. The van der Waals surface area contributed by atoms with E-state index in [9.17, 15) is 9.59 Å². The van der Waals surface area contributed by atoms with Gasteiger partial charge in [-0.2, -0.15) is 0 Å². The van der Waals surface area contributed by atoms with Gasteiger partial charge in [-0.05, 0) is 39.8 Å². The van der Waals surface area contributed by atoms with E-state index >= 15 is 0 Å². The Bertz CT molecular complexity index is 731. The maximum absolute atomic E-state index is 12.8. The summed E-state index contributed by atoms with van der Waals surface area (Å²) in [6.07, 6.45) is 0. The Morgan fingerprint density at radius 1 is 1.38 bits per heavy atom. The Morgan fingerprint density at radius 3 is 2.62 bits per heavy atom. The number of hydrogen-bond acceptors (Lipinski definition) is 5. The third-order valence-electron chi connectivity index (χ3n) is 5.03. The van der Waals surface area contributed by atoms with E-state index in [4.69, 9.17) is 11.6 Å². The molecular weight excluding hydrogens is 390 g/mol. The fourth-order valence-electron chi connectivity index (χ4n) is 3.77. The molecule has 0 saturated carbocycles. The number of piperazine rings is 1. The fourth-order valence-corrected chi connectivity index (χ4v) is 4.19. The van der Waals surface area contributed by atoms with Gasteiger partial charge in [0.1, 0.15) is 5.60 Å². The maximum Gasteiger partial charge on any atom is 0.293 e. The fraction of sp³-hybridized carbons (Fsp3) is 0.636. The average Bonchev–Trinajstić information content (AvgIpc) is 2.87. The van der Waals surface area contributed by atoms with Gasteiger partial charge in [-0.1, -0.05) is 31.5 Å². The van der Waals surface area contributed by atoms with Crippen LogP contribution < -0.4 is 10.2 Å². The molecule has 1 aromatic rings. The van der Waals surface area contributed by atoms with E-state index in [1.54, 1.807) is 0 Å². The van der Waals surface area contributed by atoms with Crippen molar-refractivity contribution in [2.24, 2.45) is 0 Å². The van der Waals surface area contributed by atoms with Gasteiger partial charge in [0.25, 0.3) is 6.47 Å². The number of carbonyl (C=O) groups excluding carboxylic acids is 2. The zero-order chi connectivity index (χ0) is 21.8. The lowest BCUT2D eigenvalue weighted by Crippen LogP contribution is -2.52. The van der Waals surface area contributed by atoms with E-state index < -0.39 is 0 Å². The van der Waals surface area contributed by atoms with Crippen molar-refractivity contribution in [1.82, 2.24) is 10.2 Å². The number of halogens is 1. The third-order valence-corrected chi connectivity index (χ3v) is 5.34. The summed E-state index contributed by atoms with van der Waals surface area (Å²) < 4.78 is 4.55. The summed E-state index contributed by atoms with van der Waals surface area (Å²) in [5.41, 5.74) is 1.66. The van der Waals surface area contributed by atoms with Crippen LogP contribution in [0.2, 0.25) is 5.02 Å². The lowest BCUT2D eigenvalue weighted by molar-refractivity contribution is -0.138. The monoisotopic (exact) mass is 423 g/mol. The first-order valence-corrected chi connectivity index (χ1v) is 10.5. The van der Waals surface area contributed by atoms with Gasteiger partial charge in [-0.25, -0.2) is 0 Å². The Hall–Kier alpha value is -1.63. The van der Waals surface area contributed by atoms with Crippen LogP contribution in [-0.2, 0) is 19.7 Å². The molecule has 2 aliphatic heterocycles. The van der Waals surface area contributed by atoms with E-state index in [0.29, 0.717) is 25.6 Å². The topological polar surface area (TPSA) is 61.9 Å². The second-order valence-corrected chi connectivity index (χ2v) is 9.82. The van der Waals surface area contributed by atoms with Crippen molar-refractivity contribution in [3.8, 4) is 0 Å². The standard InChI is InChI=1S/C17H24ClN3O.C5H10O2/c1-12-9-20(8-7-19-12)10-15(22)21-11-17(2,3)16-13(18)5-4-6-14(16)21;1-5(2,3)7-4-6/h4-6,12,19H,7-11H2,1-3H3;4H,1-3H3/t12-;/m1./s1. The lowest BCUT2D eigenvalue weighted by atomic mass is 9.87. The van der Waals surface area contributed by atoms with Gasteiger partial charge < -0.3 is 15.0 Å². The first-order valence-electron chi connectivity index (χ1n) is 10.1. The molecule has 1 N–H and O–H groups in total. The molecule has 0 bridgehead atoms. The summed E-state index contributed by atoms with van der Waals surface area (Å²) in [4.78, 5) is 26.5. The van der Waals surface area contributed by atoms with Crippen LogP contribution in [-0.4, -0.2) is 61.6 Å². The summed E-state index contributed by atoms with van der Waals surface area (Å²) in [7, 11) is 0. The molecule has 0 aliphatic carbocycles. The van der Waals surface area contributed by atoms with Crippen LogP contribution in [0.3, 0.4) is 0 Å². The molecule has 1 saturated heterocycles. The summed E-state index contributed by atoms with van der Waals surface area (Å²) in [5, 5.41) is 4.16. The van der Waals surface area contributed by atoms with E-state index in [1.807, 2.05) is 43.9 Å². The molecule has 0 unspecified atom stereocenters. The van der Waals surface area contributed by atoms with Gasteiger partial charge in [0.2, 0.25) is 5.91 Å². The minimum atomic E-state index is -0.318. The number of hydrogen-bond donors (Lipinski definition) is 1. The Morgan fingerprint density at radius 2 is 2.07 bits per heavy atom. The number of carbonyl (C=O) groups is 2. The molecule has 162 valence electrons. The number of ether oxygens (including phenoxy) is 1. The van der Waals surface area contributed by atoms with Crippen molar-refractivity contribution < 1.29 is 14.3 Å². The average molecular weight is 424 g/mol. The van der Waals surface area contributed by atoms with Crippen LogP contribution in [0, 0.1) is 0 Å². The van der Waals surface area contributed by atoms with Crippen LogP contribution in [0.25, 0.3) is 0 Å². The highest BCUT2D eigenvalue weighted by molar-refractivity contribution is 6.32. The highest BCUT2D eigenvalue weighted by Gasteiger charge is 2.39. The number of nitrogens with one attached hydrogen (secondary N) is 1. The van der Waals surface area contributed by atoms with Crippen LogP contribution in [0.15, 0.2) is 18.2 Å².